The maximum Gasteiger partial charge on any atom is 0.435 e. The monoisotopic (exact) mass is 688 g/mol. The summed E-state index contributed by atoms with van der Waals surface area (Å²) in [7, 11) is -3.75. The number of benzene rings is 2. The molecule has 2 aromatic carbocycles. The fraction of sp³-hybridized carbons (Fsp3) is 0.382. The lowest BCUT2D eigenvalue weighted by Gasteiger charge is -2.26. The van der Waals surface area contributed by atoms with Gasteiger partial charge in [0.25, 0.3) is 0 Å². The molecule has 48 heavy (non-hydrogen) atoms. The predicted octanol–water partition coefficient (Wildman–Crippen LogP) is 6.13. The van der Waals surface area contributed by atoms with Crippen LogP contribution in [0.2, 0.25) is 0 Å². The molecule has 3 heterocycles. The summed E-state index contributed by atoms with van der Waals surface area (Å²) < 4.78 is 104. The fourth-order valence-electron chi connectivity index (χ4n) is 6.54. The lowest BCUT2D eigenvalue weighted by atomic mass is 9.87. The highest BCUT2D eigenvalue weighted by Crippen LogP contribution is 2.37. The molecule has 1 atom stereocenters. The molecule has 0 amide bonds. The Bertz CT molecular complexity index is 1890. The van der Waals surface area contributed by atoms with Gasteiger partial charge in [-0.1, -0.05) is 18.2 Å². The number of halogens is 5. The lowest BCUT2D eigenvalue weighted by molar-refractivity contribution is -0.142. The number of carbonyl (C=O) groups excluding carboxylic acids is 1. The summed E-state index contributed by atoms with van der Waals surface area (Å²) in [5.74, 6) is -2.75. The summed E-state index contributed by atoms with van der Waals surface area (Å²) in [5.41, 5.74) is 1.40. The number of aromatic nitrogens is 3. The van der Waals surface area contributed by atoms with E-state index in [1.807, 2.05) is 0 Å². The van der Waals surface area contributed by atoms with Crippen molar-refractivity contribution in [1.82, 2.24) is 19.1 Å². The molecule has 254 valence electrons. The first kappa shape index (κ1) is 33.9. The third-order valence-corrected chi connectivity index (χ3v) is 10.6. The molecular formula is C34H33F5N4O4S. The number of ether oxygens (including phenoxy) is 1. The molecule has 0 bridgehead atoms. The Hall–Kier alpha value is -4.01. The van der Waals surface area contributed by atoms with Crippen molar-refractivity contribution in [2.75, 3.05) is 26.3 Å². The third kappa shape index (κ3) is 7.35. The predicted molar refractivity (Wildman–Crippen MR) is 166 cm³/mol. The first-order chi connectivity index (χ1) is 22.9. The first-order valence-electron chi connectivity index (χ1n) is 15.7. The molecule has 1 aliphatic heterocycles. The van der Waals surface area contributed by atoms with Gasteiger partial charge in [0.05, 0.1) is 30.3 Å². The van der Waals surface area contributed by atoms with Crippen LogP contribution in [0.5, 0.6) is 0 Å². The highest BCUT2D eigenvalue weighted by Gasteiger charge is 2.40. The fourth-order valence-corrected chi connectivity index (χ4v) is 7.95. The number of morpholine rings is 1. The average Bonchev–Trinajstić information content (AvgIpc) is 3.43. The van der Waals surface area contributed by atoms with Crippen LogP contribution in [0, 0.1) is 11.6 Å². The van der Waals surface area contributed by atoms with E-state index in [9.17, 15) is 35.2 Å². The largest absolute Gasteiger partial charge is 0.435 e. The molecule has 0 saturated carbocycles. The number of ketones is 1. The molecule has 0 N–H and O–H groups in total. The molecule has 1 aliphatic carbocycles. The van der Waals surface area contributed by atoms with Crippen molar-refractivity contribution in [3.05, 3.63) is 101 Å². The van der Waals surface area contributed by atoms with Gasteiger partial charge in [-0.05, 0) is 73.6 Å². The van der Waals surface area contributed by atoms with E-state index in [0.717, 1.165) is 22.9 Å². The van der Waals surface area contributed by atoms with E-state index in [1.165, 1.54) is 22.6 Å². The third-order valence-electron chi connectivity index (χ3n) is 8.73. The van der Waals surface area contributed by atoms with Gasteiger partial charge in [0.15, 0.2) is 11.5 Å². The molecule has 0 spiro atoms. The van der Waals surface area contributed by atoms with Gasteiger partial charge >= 0.3 is 6.18 Å². The van der Waals surface area contributed by atoms with Crippen LogP contribution in [0.1, 0.15) is 53.4 Å². The van der Waals surface area contributed by atoms with Crippen molar-refractivity contribution in [1.29, 1.82) is 0 Å². The molecule has 4 aromatic rings. The van der Waals surface area contributed by atoms with Crippen LogP contribution >= 0.6 is 0 Å². The molecule has 2 aromatic heterocycles. The summed E-state index contributed by atoms with van der Waals surface area (Å²) in [6.07, 6.45) is -1.46. The van der Waals surface area contributed by atoms with Gasteiger partial charge in [-0.2, -0.15) is 22.6 Å². The number of nitrogens with zero attached hydrogens (tertiary/aromatic N) is 4. The minimum atomic E-state index is -4.65. The number of hydrogen-bond acceptors (Lipinski definition) is 6. The molecule has 1 saturated heterocycles. The van der Waals surface area contributed by atoms with Gasteiger partial charge in [0, 0.05) is 54.5 Å². The van der Waals surface area contributed by atoms with Crippen molar-refractivity contribution in [3.63, 3.8) is 0 Å². The quantitative estimate of drug-likeness (QED) is 0.186. The second-order valence-electron chi connectivity index (χ2n) is 12.0. The Morgan fingerprint density at radius 3 is 2.33 bits per heavy atom. The number of hydrogen-bond donors (Lipinski definition) is 0. The molecule has 1 fully saturated rings. The molecule has 8 nitrogen and oxygen atoms in total. The average molecular weight is 689 g/mol. The number of alkyl halides is 3. The van der Waals surface area contributed by atoms with Gasteiger partial charge in [-0.3, -0.25) is 14.5 Å². The maximum absolute atomic E-state index is 14.2. The van der Waals surface area contributed by atoms with E-state index >= 15 is 0 Å². The Balaban J connectivity index is 1.32. The zero-order valence-electron chi connectivity index (χ0n) is 25.8. The summed E-state index contributed by atoms with van der Waals surface area (Å²) >= 11 is 0. The summed E-state index contributed by atoms with van der Waals surface area (Å²) in [5, 5.41) is 3.81. The van der Waals surface area contributed by atoms with Crippen molar-refractivity contribution in [2.45, 2.75) is 62.1 Å². The maximum atomic E-state index is 14.2. The zero-order chi connectivity index (χ0) is 34.1. The van der Waals surface area contributed by atoms with Crippen LogP contribution < -0.4 is 0 Å². The van der Waals surface area contributed by atoms with Gasteiger partial charge in [0.2, 0.25) is 10.0 Å². The van der Waals surface area contributed by atoms with E-state index in [-0.39, 0.29) is 48.4 Å². The van der Waals surface area contributed by atoms with E-state index < -0.39 is 51.8 Å². The van der Waals surface area contributed by atoms with Crippen LogP contribution in [0.3, 0.4) is 0 Å². The smallest absolute Gasteiger partial charge is 0.379 e. The molecule has 6 rings (SSSR count). The summed E-state index contributed by atoms with van der Waals surface area (Å²) in [6.45, 7) is 0.691. The van der Waals surface area contributed by atoms with Crippen LogP contribution in [-0.4, -0.2) is 59.6 Å². The first-order valence-corrected chi connectivity index (χ1v) is 17.1. The van der Waals surface area contributed by atoms with Crippen LogP contribution in [0.15, 0.2) is 65.7 Å². The Morgan fingerprint density at radius 2 is 1.65 bits per heavy atom. The Kier molecular flexibility index (Phi) is 9.77. The summed E-state index contributed by atoms with van der Waals surface area (Å²) in [6, 6.07) is 12.7. The number of carbonyl (C=O) groups is 1. The van der Waals surface area contributed by atoms with Crippen molar-refractivity contribution >= 4 is 15.8 Å². The molecule has 2 aliphatic rings. The van der Waals surface area contributed by atoms with Crippen molar-refractivity contribution < 1.29 is 39.9 Å². The van der Waals surface area contributed by atoms with Gasteiger partial charge in [-0.15, -0.1) is 0 Å². The van der Waals surface area contributed by atoms with E-state index in [2.05, 4.69) is 10.1 Å². The molecule has 0 unspecified atom stereocenters. The Morgan fingerprint density at radius 1 is 0.958 bits per heavy atom. The number of pyridine rings is 1. The van der Waals surface area contributed by atoms with Crippen LogP contribution in [0.4, 0.5) is 22.0 Å². The molecular weight excluding hydrogens is 655 g/mol. The zero-order valence-corrected chi connectivity index (χ0v) is 26.7. The number of fused-ring (bicyclic) bond motifs is 1. The minimum absolute atomic E-state index is 0.00105. The number of sulfonamides is 1. The van der Waals surface area contributed by atoms with Gasteiger partial charge < -0.3 is 4.74 Å². The van der Waals surface area contributed by atoms with Crippen molar-refractivity contribution in [2.24, 2.45) is 0 Å². The number of Topliss-reactive ketones (excluding diaryl/α,β-unsaturated/α-hetero) is 1. The Labute approximate surface area is 274 Å². The van der Waals surface area contributed by atoms with Gasteiger partial charge in [0.1, 0.15) is 11.6 Å². The highest BCUT2D eigenvalue weighted by atomic mass is 32.2. The molecule has 0 radical (unpaired) electrons. The number of rotatable bonds is 10. The minimum Gasteiger partial charge on any atom is -0.379 e. The normalized spacial score (nSPS) is 16.4. The highest BCUT2D eigenvalue weighted by molar-refractivity contribution is 7.89. The second kappa shape index (κ2) is 13.8. The van der Waals surface area contributed by atoms with Gasteiger partial charge in [-0.25, -0.2) is 17.2 Å². The second-order valence-corrected chi connectivity index (χ2v) is 14.0. The topological polar surface area (TPSA) is 94.4 Å². The lowest BCUT2D eigenvalue weighted by Crippen LogP contribution is -2.40. The van der Waals surface area contributed by atoms with Crippen LogP contribution in [-0.2, 0) is 51.5 Å². The summed E-state index contributed by atoms with van der Waals surface area (Å²) in [4.78, 5) is 18.3. The van der Waals surface area contributed by atoms with E-state index in [1.54, 1.807) is 24.3 Å². The van der Waals surface area contributed by atoms with Crippen molar-refractivity contribution in [3.8, 4) is 11.1 Å². The van der Waals surface area contributed by atoms with Crippen LogP contribution in [0.25, 0.3) is 11.1 Å². The van der Waals surface area contributed by atoms with E-state index in [0.29, 0.717) is 55.0 Å². The van der Waals surface area contributed by atoms with E-state index in [4.69, 9.17) is 4.74 Å². The molecule has 14 heteroatoms. The standard InChI is InChI=1S/C34H33F5N4O4S/c35-25-17-22(18-26(36)20-25)16-24(19-27(44)21-43-31-6-2-1-4-30(31)33(41-43)34(37,38)39)32-29(5-3-11-40-32)23-7-9-28(10-8-23)48(45,46)42-12-14-47-15-13-42/h3,5,7-11,17-18,20,24H,1-2,4,6,12-16,19,21H2/t24-/m1/s1. The SMILES string of the molecule is O=C(C[C@@H](Cc1cc(F)cc(F)c1)c1ncccc1-c1ccc(S(=O)(=O)N2CCOCC2)cc1)Cn1nc(C(F)(F)F)c2c1CCCC2.